The van der Waals surface area contributed by atoms with Crippen LogP contribution < -0.4 is 34.0 Å². The van der Waals surface area contributed by atoms with Gasteiger partial charge in [0.2, 0.25) is 11.5 Å². The maximum atomic E-state index is 14.4. The maximum Gasteiger partial charge on any atom is 0.316 e. The molecule has 0 amide bonds. The molecular weight excluding hydrogens is 676 g/mol. The molecule has 0 aliphatic rings. The molecule has 2 aromatic heterocycles. The van der Waals surface area contributed by atoms with Gasteiger partial charge >= 0.3 is 5.56 Å². The largest absolute Gasteiger partial charge is 0.503 e. The molecule has 5 rings (SSSR count). The van der Waals surface area contributed by atoms with E-state index in [1.807, 2.05) is 54.6 Å². The summed E-state index contributed by atoms with van der Waals surface area (Å²) in [6.45, 7) is 1.10. The second-order valence-corrected chi connectivity index (χ2v) is 13.3. The molecule has 0 spiro atoms. The van der Waals surface area contributed by atoms with Gasteiger partial charge in [0.05, 0.1) is 80.2 Å². The summed E-state index contributed by atoms with van der Waals surface area (Å²) in [6.07, 6.45) is 1.61. The number of benzene rings is 3. The van der Waals surface area contributed by atoms with E-state index >= 15 is 0 Å². The smallest absolute Gasteiger partial charge is 0.316 e. The zero-order valence-electron chi connectivity index (χ0n) is 29.6. The number of methoxy groups -OCH3 is 6. The number of hydrogen-bond donors (Lipinski definition) is 1. The van der Waals surface area contributed by atoms with Crippen molar-refractivity contribution in [3.8, 4) is 45.9 Å². The van der Waals surface area contributed by atoms with Gasteiger partial charge in [-0.15, -0.1) is 0 Å². The Labute approximate surface area is 299 Å². The van der Waals surface area contributed by atoms with Crippen LogP contribution in [0.15, 0.2) is 82.6 Å². The van der Waals surface area contributed by atoms with Gasteiger partial charge in [-0.2, -0.15) is 0 Å². The van der Waals surface area contributed by atoms with Crippen molar-refractivity contribution in [3.63, 3.8) is 0 Å². The average Bonchev–Trinajstić information content (AvgIpc) is 3.17. The molecule has 0 saturated heterocycles. The van der Waals surface area contributed by atoms with Gasteiger partial charge in [0.15, 0.2) is 34.4 Å². The van der Waals surface area contributed by atoms with Crippen LogP contribution in [-0.4, -0.2) is 82.0 Å². The van der Waals surface area contributed by atoms with Crippen LogP contribution in [-0.2, 0) is 33.6 Å². The molecule has 270 valence electrons. The number of fused-ring (bicyclic) bond motifs is 1. The monoisotopic (exact) mass is 719 g/mol. The lowest BCUT2D eigenvalue weighted by Crippen LogP contribution is -2.31. The van der Waals surface area contributed by atoms with Gasteiger partial charge in [0.1, 0.15) is 11.5 Å². The minimum absolute atomic E-state index is 0.0899. The Hall–Kier alpha value is -5.11. The highest BCUT2D eigenvalue weighted by Gasteiger charge is 2.33. The van der Waals surface area contributed by atoms with Crippen LogP contribution in [0.3, 0.4) is 0 Å². The minimum Gasteiger partial charge on any atom is -0.503 e. The molecule has 0 radical (unpaired) electrons. The van der Waals surface area contributed by atoms with E-state index in [1.165, 1.54) is 0 Å². The normalized spacial score (nSPS) is 11.1. The summed E-state index contributed by atoms with van der Waals surface area (Å²) in [5.41, 5.74) is 2.32. The van der Waals surface area contributed by atoms with Gasteiger partial charge < -0.3 is 43.0 Å². The molecular formula is C38H43N2O10S+. The van der Waals surface area contributed by atoms with Crippen molar-refractivity contribution in [1.29, 1.82) is 0 Å². The number of hydrogen-bond acceptors (Lipinski definition) is 11. The number of aromatic nitrogens is 2. The number of para-hydroxylation sites is 1. The Kier molecular flexibility index (Phi) is 12.9. The molecule has 1 N–H and O–H groups in total. The summed E-state index contributed by atoms with van der Waals surface area (Å²) in [7, 11) is 8.55. The van der Waals surface area contributed by atoms with Crippen LogP contribution in [0.25, 0.3) is 16.7 Å². The highest BCUT2D eigenvalue weighted by molar-refractivity contribution is 7.97. The third-order valence-electron chi connectivity index (χ3n) is 8.10. The fraction of sp³-hybridized carbons (Fsp3) is 0.316. The Morgan fingerprint density at radius 1 is 0.667 bits per heavy atom. The quantitative estimate of drug-likeness (QED) is 0.0904. The second kappa shape index (κ2) is 17.7. The molecule has 0 aliphatic heterocycles. The SMILES string of the molecule is COc1cc(COCC[S+](CCOCc2cc(OC)c(OC)c(OC)c2)c2c(O)c3cccnc3n(-c3ccccc3)c2=O)cc(OC)c1OC. The van der Waals surface area contributed by atoms with Crippen LogP contribution in [0, 0.1) is 0 Å². The van der Waals surface area contributed by atoms with Crippen molar-refractivity contribution in [3.05, 3.63) is 94.4 Å². The summed E-state index contributed by atoms with van der Waals surface area (Å²) in [5, 5.41) is 12.1. The third-order valence-corrected chi connectivity index (χ3v) is 10.4. The summed E-state index contributed by atoms with van der Waals surface area (Å²) < 4.78 is 46.7. The molecule has 0 saturated carbocycles. The van der Waals surface area contributed by atoms with E-state index in [0.29, 0.717) is 80.8 Å². The number of ether oxygens (including phenoxy) is 8. The van der Waals surface area contributed by atoms with E-state index in [9.17, 15) is 9.90 Å². The highest BCUT2D eigenvalue weighted by Crippen LogP contribution is 2.39. The van der Waals surface area contributed by atoms with E-state index in [1.54, 1.807) is 65.6 Å². The molecule has 0 aliphatic carbocycles. The third kappa shape index (κ3) is 8.28. The minimum atomic E-state index is -0.801. The maximum absolute atomic E-state index is 14.4. The predicted octanol–water partition coefficient (Wildman–Crippen LogP) is 5.55. The van der Waals surface area contributed by atoms with Crippen LogP contribution >= 0.6 is 0 Å². The number of nitrogens with zero attached hydrogens (tertiary/aromatic N) is 2. The molecule has 12 nitrogen and oxygen atoms in total. The van der Waals surface area contributed by atoms with Crippen LogP contribution in [0.5, 0.6) is 40.2 Å². The summed E-state index contributed by atoms with van der Waals surface area (Å²) in [4.78, 5) is 19.1. The molecule has 0 atom stereocenters. The van der Waals surface area contributed by atoms with Gasteiger partial charge in [0.25, 0.3) is 4.90 Å². The topological polar surface area (TPSA) is 129 Å². The molecule has 0 fully saturated rings. The Bertz CT molecular complexity index is 1860. The fourth-order valence-corrected chi connectivity index (χ4v) is 7.67. The van der Waals surface area contributed by atoms with Crippen molar-refractivity contribution in [2.24, 2.45) is 0 Å². The molecule has 0 bridgehead atoms. The molecule has 5 aromatic rings. The first kappa shape index (κ1) is 37.2. The average molecular weight is 720 g/mol. The zero-order valence-corrected chi connectivity index (χ0v) is 30.4. The van der Waals surface area contributed by atoms with E-state index in [4.69, 9.17) is 37.9 Å². The van der Waals surface area contributed by atoms with Crippen molar-refractivity contribution >= 4 is 21.9 Å². The van der Waals surface area contributed by atoms with E-state index in [-0.39, 0.29) is 24.5 Å². The Balaban J connectivity index is 1.42. The van der Waals surface area contributed by atoms with Gasteiger partial charge in [-0.25, -0.2) is 4.98 Å². The number of aromatic hydroxyl groups is 1. The Morgan fingerprint density at radius 2 is 1.16 bits per heavy atom. The summed E-state index contributed by atoms with van der Waals surface area (Å²) in [5.74, 6) is 3.88. The van der Waals surface area contributed by atoms with Gasteiger partial charge in [-0.3, -0.25) is 9.36 Å². The standard InChI is InChI=1S/C38H42N2O10S/c1-43-29-19-25(20-30(44-2)34(29)47-5)23-49-15-17-51(18-16-50-24-26-21-31(45-3)35(48-6)32(22-26)46-4)36-33(41)28-13-10-14-39-37(28)40(38(36)42)27-11-8-7-9-12-27/h7-14,19-22H,15-18,23-24H2,1-6H3/p+1. The van der Waals surface area contributed by atoms with Crippen LogP contribution in [0.4, 0.5) is 0 Å². The van der Waals surface area contributed by atoms with Crippen LogP contribution in [0.1, 0.15) is 11.1 Å². The summed E-state index contributed by atoms with van der Waals surface area (Å²) >= 11 is 0. The number of pyridine rings is 2. The Morgan fingerprint density at radius 3 is 1.61 bits per heavy atom. The molecule has 3 aromatic carbocycles. The lowest BCUT2D eigenvalue weighted by Gasteiger charge is -2.16. The van der Waals surface area contributed by atoms with Crippen molar-refractivity contribution in [2.75, 3.05) is 67.4 Å². The molecule has 2 heterocycles. The molecule has 51 heavy (non-hydrogen) atoms. The zero-order chi connectivity index (χ0) is 36.3. The second-order valence-electron chi connectivity index (χ2n) is 11.1. The van der Waals surface area contributed by atoms with Crippen molar-refractivity contribution in [1.82, 2.24) is 9.55 Å². The molecule has 13 heteroatoms. The van der Waals surface area contributed by atoms with E-state index < -0.39 is 10.9 Å². The van der Waals surface area contributed by atoms with Gasteiger partial charge in [0, 0.05) is 17.1 Å². The first-order valence-electron chi connectivity index (χ1n) is 16.1. The van der Waals surface area contributed by atoms with Crippen LogP contribution in [0.2, 0.25) is 0 Å². The first-order chi connectivity index (χ1) is 24.9. The highest BCUT2D eigenvalue weighted by atomic mass is 32.2. The van der Waals surface area contributed by atoms with Gasteiger partial charge in [-0.1, -0.05) is 18.2 Å². The predicted molar refractivity (Wildman–Crippen MR) is 196 cm³/mol. The summed E-state index contributed by atoms with van der Waals surface area (Å²) in [6, 6.07) is 20.1. The lowest BCUT2D eigenvalue weighted by molar-refractivity contribution is 0.132. The molecule has 0 unspecified atom stereocenters. The van der Waals surface area contributed by atoms with E-state index in [2.05, 4.69) is 4.98 Å². The lowest BCUT2D eigenvalue weighted by atomic mass is 10.2. The van der Waals surface area contributed by atoms with Crippen molar-refractivity contribution in [2.45, 2.75) is 18.1 Å². The van der Waals surface area contributed by atoms with E-state index in [0.717, 1.165) is 11.1 Å². The number of rotatable bonds is 18. The van der Waals surface area contributed by atoms with Crippen molar-refractivity contribution < 1.29 is 43.0 Å². The van der Waals surface area contributed by atoms with Gasteiger partial charge in [-0.05, 0) is 59.7 Å². The fourth-order valence-electron chi connectivity index (χ4n) is 5.70. The first-order valence-corrected chi connectivity index (χ1v) is 17.6.